The zero-order chi connectivity index (χ0) is 17.7. The second kappa shape index (κ2) is 8.52. The van der Waals surface area contributed by atoms with E-state index in [4.69, 9.17) is 14.2 Å². The number of benzene rings is 1. The zero-order valence-corrected chi connectivity index (χ0v) is 16.1. The maximum Gasteiger partial charge on any atom is 0.253 e. The summed E-state index contributed by atoms with van der Waals surface area (Å²) in [6.45, 7) is 3.84. The van der Waals surface area contributed by atoms with Crippen molar-refractivity contribution in [3.8, 4) is 11.5 Å². The largest absolute Gasteiger partial charge is 0.493 e. The highest BCUT2D eigenvalue weighted by molar-refractivity contribution is 14.1. The van der Waals surface area contributed by atoms with E-state index in [-0.39, 0.29) is 11.8 Å². The van der Waals surface area contributed by atoms with Crippen molar-refractivity contribution in [2.75, 3.05) is 40.5 Å². The summed E-state index contributed by atoms with van der Waals surface area (Å²) in [5, 5.41) is 2.75. The van der Waals surface area contributed by atoms with Crippen molar-refractivity contribution in [3.63, 3.8) is 0 Å². The highest BCUT2D eigenvalue weighted by Crippen LogP contribution is 2.31. The summed E-state index contributed by atoms with van der Waals surface area (Å²) in [6.07, 6.45) is 0. The molecule has 1 unspecified atom stereocenters. The van der Waals surface area contributed by atoms with Gasteiger partial charge in [0.05, 0.1) is 33.0 Å². The van der Waals surface area contributed by atoms with Crippen LogP contribution in [0.25, 0.3) is 0 Å². The van der Waals surface area contributed by atoms with Gasteiger partial charge in [-0.3, -0.25) is 9.59 Å². The number of hydrogen-bond acceptors (Lipinski definition) is 5. The minimum atomic E-state index is -0.612. The topological polar surface area (TPSA) is 77.1 Å². The molecule has 2 rings (SSSR count). The summed E-state index contributed by atoms with van der Waals surface area (Å²) in [5.41, 5.74) is 0.440. The third kappa shape index (κ3) is 4.29. The molecule has 2 amide bonds. The predicted molar refractivity (Wildman–Crippen MR) is 96.6 cm³/mol. The molecule has 1 aromatic rings. The maximum absolute atomic E-state index is 12.5. The van der Waals surface area contributed by atoms with Crippen LogP contribution in [-0.2, 0) is 9.53 Å². The number of amides is 2. The van der Waals surface area contributed by atoms with Gasteiger partial charge in [-0.1, -0.05) is 0 Å². The smallest absolute Gasteiger partial charge is 0.253 e. The summed E-state index contributed by atoms with van der Waals surface area (Å²) in [6, 6.07) is 2.73. The average molecular weight is 448 g/mol. The molecule has 1 aliphatic heterocycles. The number of carbonyl (C=O) groups excluding carboxylic acids is 2. The van der Waals surface area contributed by atoms with Crippen LogP contribution in [0.1, 0.15) is 17.3 Å². The first-order valence-electron chi connectivity index (χ1n) is 7.56. The van der Waals surface area contributed by atoms with E-state index in [9.17, 15) is 9.59 Å². The molecule has 1 N–H and O–H groups in total. The van der Waals surface area contributed by atoms with Gasteiger partial charge < -0.3 is 24.4 Å². The Balaban J connectivity index is 2.09. The summed E-state index contributed by atoms with van der Waals surface area (Å²) in [5.74, 6) is 0.586. The van der Waals surface area contributed by atoms with Crippen LogP contribution in [0.2, 0.25) is 0 Å². The van der Waals surface area contributed by atoms with Crippen molar-refractivity contribution in [1.82, 2.24) is 10.2 Å². The Morgan fingerprint density at radius 2 is 1.79 bits per heavy atom. The molecular weight excluding hydrogens is 427 g/mol. The molecule has 0 spiro atoms. The Morgan fingerprint density at radius 3 is 2.38 bits per heavy atom. The lowest BCUT2D eigenvalue weighted by Gasteiger charge is -2.29. The molecule has 0 aromatic heterocycles. The van der Waals surface area contributed by atoms with E-state index >= 15 is 0 Å². The Morgan fingerprint density at radius 1 is 1.21 bits per heavy atom. The monoisotopic (exact) mass is 448 g/mol. The highest BCUT2D eigenvalue weighted by atomic mass is 127. The second-order valence-electron chi connectivity index (χ2n) is 5.32. The first-order valence-corrected chi connectivity index (χ1v) is 8.64. The van der Waals surface area contributed by atoms with E-state index in [2.05, 4.69) is 27.9 Å². The highest BCUT2D eigenvalue weighted by Gasteiger charge is 2.25. The zero-order valence-electron chi connectivity index (χ0n) is 13.9. The molecule has 1 atom stereocenters. The molecule has 1 saturated heterocycles. The number of morpholine rings is 1. The van der Waals surface area contributed by atoms with E-state index in [1.165, 1.54) is 14.2 Å². The second-order valence-corrected chi connectivity index (χ2v) is 6.48. The molecule has 8 heteroatoms. The van der Waals surface area contributed by atoms with Crippen LogP contribution in [0.5, 0.6) is 11.5 Å². The number of ether oxygens (including phenoxy) is 3. The molecule has 0 aliphatic carbocycles. The molecular formula is C16H21IN2O5. The number of nitrogens with zero attached hydrogens (tertiary/aromatic N) is 1. The molecule has 1 aliphatic rings. The summed E-state index contributed by atoms with van der Waals surface area (Å²) < 4.78 is 16.4. The van der Waals surface area contributed by atoms with Crippen molar-refractivity contribution in [2.24, 2.45) is 0 Å². The fourth-order valence-electron chi connectivity index (χ4n) is 2.42. The first-order chi connectivity index (χ1) is 11.5. The predicted octanol–water partition coefficient (Wildman–Crippen LogP) is 1.29. The van der Waals surface area contributed by atoms with Crippen molar-refractivity contribution >= 4 is 34.4 Å². The van der Waals surface area contributed by atoms with Gasteiger partial charge in [-0.25, -0.2) is 0 Å². The average Bonchev–Trinajstić information content (AvgIpc) is 2.61. The minimum Gasteiger partial charge on any atom is -0.493 e. The third-order valence-electron chi connectivity index (χ3n) is 3.76. The van der Waals surface area contributed by atoms with Crippen LogP contribution in [-0.4, -0.2) is 63.3 Å². The number of halogens is 1. The van der Waals surface area contributed by atoms with Gasteiger partial charge >= 0.3 is 0 Å². The van der Waals surface area contributed by atoms with E-state index in [0.717, 1.165) is 0 Å². The van der Waals surface area contributed by atoms with Gasteiger partial charge in [-0.2, -0.15) is 0 Å². The minimum absolute atomic E-state index is 0.109. The van der Waals surface area contributed by atoms with Gasteiger partial charge in [0.2, 0.25) is 5.91 Å². The Hall–Kier alpha value is -1.55. The van der Waals surface area contributed by atoms with Crippen LogP contribution in [0.4, 0.5) is 0 Å². The third-order valence-corrected chi connectivity index (χ3v) is 4.65. The lowest BCUT2D eigenvalue weighted by atomic mass is 10.1. The Bertz CT molecular complexity index is 617. The van der Waals surface area contributed by atoms with Crippen molar-refractivity contribution in [2.45, 2.75) is 13.0 Å². The SMILES string of the molecule is COc1cc(I)c(C(=O)NC(C)C(=O)N2CCOCC2)cc1OC. The summed E-state index contributed by atoms with van der Waals surface area (Å²) in [4.78, 5) is 26.6. The maximum atomic E-state index is 12.5. The quantitative estimate of drug-likeness (QED) is 0.688. The van der Waals surface area contributed by atoms with Gasteiger partial charge in [-0.15, -0.1) is 0 Å². The molecule has 0 radical (unpaired) electrons. The first kappa shape index (κ1) is 18.8. The van der Waals surface area contributed by atoms with Gasteiger partial charge in [0, 0.05) is 16.7 Å². The molecule has 132 valence electrons. The fraction of sp³-hybridized carbons (Fsp3) is 0.500. The van der Waals surface area contributed by atoms with Gasteiger partial charge in [0.15, 0.2) is 11.5 Å². The van der Waals surface area contributed by atoms with E-state index < -0.39 is 6.04 Å². The molecule has 7 nitrogen and oxygen atoms in total. The number of hydrogen-bond donors (Lipinski definition) is 1. The van der Waals surface area contributed by atoms with Crippen molar-refractivity contribution < 1.29 is 23.8 Å². The summed E-state index contributed by atoms with van der Waals surface area (Å²) >= 11 is 2.06. The van der Waals surface area contributed by atoms with Crippen molar-refractivity contribution in [3.05, 3.63) is 21.3 Å². The number of carbonyl (C=O) groups is 2. The van der Waals surface area contributed by atoms with E-state index in [1.807, 2.05) is 0 Å². The number of methoxy groups -OCH3 is 2. The van der Waals surface area contributed by atoms with Gasteiger partial charge in [-0.05, 0) is 41.6 Å². The summed E-state index contributed by atoms with van der Waals surface area (Å²) in [7, 11) is 3.05. The molecule has 1 fully saturated rings. The molecule has 1 aromatic carbocycles. The molecule has 0 saturated carbocycles. The normalized spacial score (nSPS) is 15.6. The van der Waals surface area contributed by atoms with Gasteiger partial charge in [0.25, 0.3) is 5.91 Å². The van der Waals surface area contributed by atoms with Crippen molar-refractivity contribution in [1.29, 1.82) is 0 Å². The van der Waals surface area contributed by atoms with E-state index in [0.29, 0.717) is 46.9 Å². The lowest BCUT2D eigenvalue weighted by Crippen LogP contribution is -2.50. The molecule has 1 heterocycles. The van der Waals surface area contributed by atoms with Crippen LogP contribution >= 0.6 is 22.6 Å². The van der Waals surface area contributed by atoms with Crippen LogP contribution < -0.4 is 14.8 Å². The van der Waals surface area contributed by atoms with Crippen LogP contribution in [0.3, 0.4) is 0 Å². The number of nitrogens with one attached hydrogen (secondary N) is 1. The van der Waals surface area contributed by atoms with Gasteiger partial charge in [0.1, 0.15) is 6.04 Å². The number of rotatable bonds is 5. The fourth-order valence-corrected chi connectivity index (χ4v) is 3.11. The standard InChI is InChI=1S/C16H21IN2O5/c1-10(16(21)19-4-6-24-7-5-19)18-15(20)11-8-13(22-2)14(23-3)9-12(11)17/h8-10H,4-7H2,1-3H3,(H,18,20). The Labute approximate surface area is 154 Å². The molecule has 0 bridgehead atoms. The Kier molecular flexibility index (Phi) is 6.67. The van der Waals surface area contributed by atoms with E-state index in [1.54, 1.807) is 24.0 Å². The van der Waals surface area contributed by atoms with Crippen LogP contribution in [0.15, 0.2) is 12.1 Å². The lowest BCUT2D eigenvalue weighted by molar-refractivity contribution is -0.136. The van der Waals surface area contributed by atoms with Crippen LogP contribution in [0, 0.1) is 3.57 Å². The molecule has 24 heavy (non-hydrogen) atoms.